The number of nitrogen functional groups attached to an aromatic ring is 1. The van der Waals surface area contributed by atoms with Gasteiger partial charge in [0, 0.05) is 0 Å². The van der Waals surface area contributed by atoms with Gasteiger partial charge in [0.1, 0.15) is 5.75 Å². The average Bonchev–Trinajstić information content (AvgIpc) is 2.35. The lowest BCUT2D eigenvalue weighted by molar-refractivity contribution is 0.455. The Bertz CT molecular complexity index is 533. The van der Waals surface area contributed by atoms with Crippen LogP contribution >= 0.6 is 15.9 Å². The van der Waals surface area contributed by atoms with Crippen molar-refractivity contribution in [1.82, 2.24) is 9.97 Å². The molecule has 1 aromatic heterocycles. The van der Waals surface area contributed by atoms with Crippen molar-refractivity contribution in [3.63, 3.8) is 0 Å². The molecule has 0 amide bonds. The number of rotatable bonds is 3. The van der Waals surface area contributed by atoms with Crippen LogP contribution in [0.3, 0.4) is 0 Å². The lowest BCUT2D eigenvalue weighted by Crippen LogP contribution is -2.10. The second kappa shape index (κ2) is 5.11. The normalized spacial score (nSPS) is 10.1. The van der Waals surface area contributed by atoms with E-state index in [1.165, 1.54) is 0 Å². The molecule has 2 aromatic rings. The van der Waals surface area contributed by atoms with E-state index in [1.807, 2.05) is 31.2 Å². The number of aryl methyl sites for hydroxylation is 1. The number of ether oxygens (including phenoxy) is 1. The number of halogens is 1. The van der Waals surface area contributed by atoms with E-state index in [1.54, 1.807) is 6.20 Å². The minimum Gasteiger partial charge on any atom is -0.437 e. The van der Waals surface area contributed by atoms with E-state index in [2.05, 4.69) is 31.3 Å². The maximum Gasteiger partial charge on any atom is 0.240 e. The summed E-state index contributed by atoms with van der Waals surface area (Å²) in [5.74, 6) is 6.71. The Morgan fingerprint density at radius 2 is 2.12 bits per heavy atom. The lowest BCUT2D eigenvalue weighted by atomic mass is 10.2. The summed E-state index contributed by atoms with van der Waals surface area (Å²) in [4.78, 5) is 8.06. The van der Waals surface area contributed by atoms with E-state index in [0.29, 0.717) is 16.3 Å². The first-order valence-electron chi connectivity index (χ1n) is 4.93. The Hall–Kier alpha value is -1.66. The molecule has 17 heavy (non-hydrogen) atoms. The molecule has 0 aliphatic rings. The molecule has 1 heterocycles. The van der Waals surface area contributed by atoms with Crippen LogP contribution in [0.1, 0.15) is 5.56 Å². The number of nitrogens with one attached hydrogen (secondary N) is 1. The predicted octanol–water partition coefficient (Wildman–Crippen LogP) is 2.63. The molecule has 0 aliphatic carbocycles. The fourth-order valence-corrected chi connectivity index (χ4v) is 1.54. The molecule has 3 N–H and O–H groups in total. The number of benzene rings is 1. The van der Waals surface area contributed by atoms with Crippen molar-refractivity contribution in [2.45, 2.75) is 6.92 Å². The fourth-order valence-electron chi connectivity index (χ4n) is 1.27. The average molecular weight is 295 g/mol. The summed E-state index contributed by atoms with van der Waals surface area (Å²) in [6, 6.07) is 7.69. The van der Waals surface area contributed by atoms with Crippen LogP contribution in [0.2, 0.25) is 0 Å². The number of anilines is 1. The fraction of sp³-hybridized carbons (Fsp3) is 0.0909. The molecule has 0 radical (unpaired) electrons. The SMILES string of the molecule is Cc1ccccc1Oc1nc(NN)ncc1Br. The van der Waals surface area contributed by atoms with Gasteiger partial charge in [0.15, 0.2) is 0 Å². The molecule has 0 atom stereocenters. The van der Waals surface area contributed by atoms with Gasteiger partial charge in [-0.2, -0.15) is 4.98 Å². The molecule has 0 fully saturated rings. The summed E-state index contributed by atoms with van der Waals surface area (Å²) in [6.07, 6.45) is 1.58. The molecule has 88 valence electrons. The summed E-state index contributed by atoms with van der Waals surface area (Å²) in [7, 11) is 0. The summed E-state index contributed by atoms with van der Waals surface area (Å²) in [5, 5.41) is 0. The summed E-state index contributed by atoms with van der Waals surface area (Å²) < 4.78 is 6.36. The largest absolute Gasteiger partial charge is 0.437 e. The van der Waals surface area contributed by atoms with Crippen LogP contribution in [0, 0.1) is 6.92 Å². The Balaban J connectivity index is 2.32. The minimum absolute atomic E-state index is 0.303. The van der Waals surface area contributed by atoms with Gasteiger partial charge < -0.3 is 4.74 Å². The van der Waals surface area contributed by atoms with Gasteiger partial charge in [0.05, 0.1) is 10.7 Å². The minimum atomic E-state index is 0.303. The van der Waals surface area contributed by atoms with Gasteiger partial charge in [-0.3, -0.25) is 5.43 Å². The molecule has 0 aliphatic heterocycles. The maximum absolute atomic E-state index is 5.69. The first kappa shape index (κ1) is 11.8. The van der Waals surface area contributed by atoms with Crippen molar-refractivity contribution < 1.29 is 4.74 Å². The molecular weight excluding hydrogens is 284 g/mol. The maximum atomic E-state index is 5.69. The topological polar surface area (TPSA) is 73.1 Å². The quantitative estimate of drug-likeness (QED) is 0.672. The standard InChI is InChI=1S/C11H11BrN4O/c1-7-4-2-3-5-9(7)17-10-8(12)6-14-11(15-10)16-13/h2-6H,13H2,1H3,(H,14,15,16). The van der Waals surface area contributed by atoms with Gasteiger partial charge >= 0.3 is 0 Å². The van der Waals surface area contributed by atoms with Crippen LogP contribution in [0.15, 0.2) is 34.9 Å². The van der Waals surface area contributed by atoms with Crippen LogP contribution in [-0.4, -0.2) is 9.97 Å². The summed E-state index contributed by atoms with van der Waals surface area (Å²) >= 11 is 3.32. The first-order chi connectivity index (χ1) is 8.20. The summed E-state index contributed by atoms with van der Waals surface area (Å²) in [5.41, 5.74) is 3.40. The number of hydrazine groups is 1. The van der Waals surface area contributed by atoms with Crippen LogP contribution in [0.25, 0.3) is 0 Å². The molecule has 0 unspecified atom stereocenters. The van der Waals surface area contributed by atoms with E-state index in [0.717, 1.165) is 11.3 Å². The van der Waals surface area contributed by atoms with Crippen LogP contribution < -0.4 is 16.0 Å². The van der Waals surface area contributed by atoms with Crippen molar-refractivity contribution in [2.24, 2.45) is 5.84 Å². The van der Waals surface area contributed by atoms with E-state index in [4.69, 9.17) is 10.6 Å². The van der Waals surface area contributed by atoms with E-state index < -0.39 is 0 Å². The molecule has 0 saturated carbocycles. The van der Waals surface area contributed by atoms with Crippen molar-refractivity contribution in [3.05, 3.63) is 40.5 Å². The zero-order valence-corrected chi connectivity index (χ0v) is 10.7. The van der Waals surface area contributed by atoms with Gasteiger partial charge in [0.25, 0.3) is 0 Å². The number of nitrogens with zero attached hydrogens (tertiary/aromatic N) is 2. The number of aromatic nitrogens is 2. The van der Waals surface area contributed by atoms with Crippen LogP contribution in [-0.2, 0) is 0 Å². The van der Waals surface area contributed by atoms with E-state index in [-0.39, 0.29) is 0 Å². The Labute approximate surface area is 107 Å². The molecule has 2 rings (SSSR count). The molecule has 1 aromatic carbocycles. The highest BCUT2D eigenvalue weighted by molar-refractivity contribution is 9.10. The van der Waals surface area contributed by atoms with Gasteiger partial charge in [-0.05, 0) is 34.5 Å². The number of hydrogen-bond donors (Lipinski definition) is 2. The Morgan fingerprint density at radius 3 is 2.82 bits per heavy atom. The highest BCUT2D eigenvalue weighted by Crippen LogP contribution is 2.29. The number of nitrogens with two attached hydrogens (primary N) is 1. The van der Waals surface area contributed by atoms with Crippen LogP contribution in [0.5, 0.6) is 11.6 Å². The highest BCUT2D eigenvalue weighted by Gasteiger charge is 2.08. The monoisotopic (exact) mass is 294 g/mol. The Morgan fingerprint density at radius 1 is 1.35 bits per heavy atom. The molecule has 0 saturated heterocycles. The molecule has 0 bridgehead atoms. The second-order valence-electron chi connectivity index (χ2n) is 3.36. The van der Waals surface area contributed by atoms with Crippen molar-refractivity contribution in [2.75, 3.05) is 5.43 Å². The number of hydrogen-bond acceptors (Lipinski definition) is 5. The van der Waals surface area contributed by atoms with Gasteiger partial charge in [0.2, 0.25) is 11.8 Å². The predicted molar refractivity (Wildman–Crippen MR) is 68.8 cm³/mol. The van der Waals surface area contributed by atoms with E-state index in [9.17, 15) is 0 Å². The van der Waals surface area contributed by atoms with Crippen molar-refractivity contribution in [3.8, 4) is 11.6 Å². The Kier molecular flexibility index (Phi) is 3.55. The van der Waals surface area contributed by atoms with E-state index >= 15 is 0 Å². The molecular formula is C11H11BrN4O. The molecule has 5 nitrogen and oxygen atoms in total. The van der Waals surface area contributed by atoms with Gasteiger partial charge in [-0.15, -0.1) is 0 Å². The molecule has 6 heteroatoms. The van der Waals surface area contributed by atoms with Crippen LogP contribution in [0.4, 0.5) is 5.95 Å². The third-order valence-corrected chi connectivity index (χ3v) is 2.69. The third kappa shape index (κ3) is 2.72. The first-order valence-corrected chi connectivity index (χ1v) is 5.72. The second-order valence-corrected chi connectivity index (χ2v) is 4.21. The zero-order chi connectivity index (χ0) is 12.3. The smallest absolute Gasteiger partial charge is 0.240 e. The lowest BCUT2D eigenvalue weighted by Gasteiger charge is -2.09. The van der Waals surface area contributed by atoms with Crippen molar-refractivity contribution >= 4 is 21.9 Å². The van der Waals surface area contributed by atoms with Gasteiger partial charge in [-0.25, -0.2) is 10.8 Å². The zero-order valence-electron chi connectivity index (χ0n) is 9.14. The number of para-hydroxylation sites is 1. The van der Waals surface area contributed by atoms with Crippen molar-refractivity contribution in [1.29, 1.82) is 0 Å². The molecule has 0 spiro atoms. The third-order valence-electron chi connectivity index (χ3n) is 2.14. The summed E-state index contributed by atoms with van der Waals surface area (Å²) in [6.45, 7) is 1.96. The van der Waals surface area contributed by atoms with Gasteiger partial charge in [-0.1, -0.05) is 18.2 Å². The highest BCUT2D eigenvalue weighted by atomic mass is 79.9.